The van der Waals surface area contributed by atoms with Crippen LogP contribution < -0.4 is 5.73 Å². The molecule has 0 radical (unpaired) electrons. The summed E-state index contributed by atoms with van der Waals surface area (Å²) in [4.78, 5) is 26.5. The second-order valence-corrected chi connectivity index (χ2v) is 10.1. The molecule has 0 bridgehead atoms. The Labute approximate surface area is 170 Å². The molecular formula is C20H29ClN2O3S. The summed E-state index contributed by atoms with van der Waals surface area (Å²) in [5.41, 5.74) is 6.29. The molecule has 0 saturated carbocycles. The lowest BCUT2D eigenvalue weighted by Crippen LogP contribution is -2.55. The molecule has 1 aromatic carbocycles. The van der Waals surface area contributed by atoms with Gasteiger partial charge in [-0.15, -0.1) is 0 Å². The molecule has 27 heavy (non-hydrogen) atoms. The highest BCUT2D eigenvalue weighted by Gasteiger charge is 2.41. The Bertz CT molecular complexity index is 660. The number of carbonyl (C=O) groups excluding carboxylic acids is 2. The van der Waals surface area contributed by atoms with Crippen LogP contribution in [0.2, 0.25) is 5.02 Å². The summed E-state index contributed by atoms with van der Waals surface area (Å²) in [6.45, 7) is 8.91. The molecule has 1 fully saturated rings. The molecule has 0 aliphatic carbocycles. The summed E-state index contributed by atoms with van der Waals surface area (Å²) in [6, 6.07) is 7.33. The molecule has 1 saturated heterocycles. The van der Waals surface area contributed by atoms with Crippen molar-refractivity contribution in [3.63, 3.8) is 0 Å². The number of morpholine rings is 1. The quantitative estimate of drug-likeness (QED) is 0.739. The van der Waals surface area contributed by atoms with Crippen molar-refractivity contribution in [2.24, 2.45) is 5.73 Å². The topological polar surface area (TPSA) is 72.6 Å². The van der Waals surface area contributed by atoms with Gasteiger partial charge in [0, 0.05) is 21.6 Å². The maximum atomic E-state index is 13.2. The van der Waals surface area contributed by atoms with Crippen molar-refractivity contribution in [1.29, 1.82) is 0 Å². The molecule has 2 amide bonds. The van der Waals surface area contributed by atoms with Crippen molar-refractivity contribution < 1.29 is 14.3 Å². The van der Waals surface area contributed by atoms with Gasteiger partial charge in [0.25, 0.3) is 5.91 Å². The van der Waals surface area contributed by atoms with Gasteiger partial charge in [0.1, 0.15) is 6.10 Å². The number of carbonyl (C=O) groups is 2. The first kappa shape index (κ1) is 22.1. The lowest BCUT2D eigenvalue weighted by molar-refractivity contribution is -0.165. The summed E-state index contributed by atoms with van der Waals surface area (Å²) in [5.74, 6) is 0.121. The normalized spacial score (nSPS) is 22.0. The fourth-order valence-corrected chi connectivity index (χ4v) is 4.34. The lowest BCUT2D eigenvalue weighted by Gasteiger charge is -2.44. The van der Waals surface area contributed by atoms with Crippen molar-refractivity contribution in [2.45, 2.75) is 63.5 Å². The smallest absolute Gasteiger partial charge is 0.253 e. The minimum Gasteiger partial charge on any atom is -0.370 e. The van der Waals surface area contributed by atoms with Gasteiger partial charge in [-0.05, 0) is 24.1 Å². The minimum atomic E-state index is -0.806. The van der Waals surface area contributed by atoms with Gasteiger partial charge < -0.3 is 15.4 Å². The van der Waals surface area contributed by atoms with Crippen LogP contribution in [0.15, 0.2) is 24.3 Å². The minimum absolute atomic E-state index is 0.0432. The molecule has 150 valence electrons. The number of halogens is 1. The van der Waals surface area contributed by atoms with Gasteiger partial charge in [0.15, 0.2) is 0 Å². The summed E-state index contributed by atoms with van der Waals surface area (Å²) in [6.07, 6.45) is -0.0759. The number of benzene rings is 1. The van der Waals surface area contributed by atoms with Crippen molar-refractivity contribution in [2.75, 3.05) is 12.4 Å². The Morgan fingerprint density at radius 2 is 2.00 bits per heavy atom. The molecule has 2 rings (SSSR count). The predicted octanol–water partition coefficient (Wildman–Crippen LogP) is 3.79. The van der Waals surface area contributed by atoms with E-state index in [1.165, 1.54) is 0 Å². The Kier molecular flexibility index (Phi) is 7.60. The van der Waals surface area contributed by atoms with Crippen LogP contribution in [-0.4, -0.2) is 46.0 Å². The maximum Gasteiger partial charge on any atom is 0.253 e. The zero-order valence-corrected chi connectivity index (χ0v) is 18.0. The van der Waals surface area contributed by atoms with Crippen molar-refractivity contribution in [3.8, 4) is 0 Å². The van der Waals surface area contributed by atoms with Gasteiger partial charge in [-0.1, -0.05) is 51.4 Å². The molecule has 0 aromatic heterocycles. The van der Waals surface area contributed by atoms with E-state index in [0.29, 0.717) is 11.6 Å². The molecule has 7 heteroatoms. The third-order valence-electron chi connectivity index (χ3n) is 4.54. The van der Waals surface area contributed by atoms with Crippen LogP contribution in [0.1, 0.15) is 52.1 Å². The number of thioether (sulfide) groups is 1. The number of hydrogen-bond donors (Lipinski definition) is 1. The number of nitrogens with zero attached hydrogens (tertiary/aromatic N) is 1. The van der Waals surface area contributed by atoms with Crippen LogP contribution in [-0.2, 0) is 14.3 Å². The number of rotatable bonds is 7. The van der Waals surface area contributed by atoms with Crippen molar-refractivity contribution in [1.82, 2.24) is 4.90 Å². The summed E-state index contributed by atoms with van der Waals surface area (Å²) in [7, 11) is 0. The molecule has 2 N–H and O–H groups in total. The average molecular weight is 413 g/mol. The van der Waals surface area contributed by atoms with Gasteiger partial charge in [-0.2, -0.15) is 11.8 Å². The second-order valence-electron chi connectivity index (χ2n) is 7.79. The third-order valence-corrected chi connectivity index (χ3v) is 6.21. The van der Waals surface area contributed by atoms with Crippen LogP contribution in [0, 0.1) is 0 Å². The molecular weight excluding hydrogens is 384 g/mol. The van der Waals surface area contributed by atoms with Gasteiger partial charge in [0.05, 0.1) is 19.1 Å². The molecule has 0 spiro atoms. The first-order chi connectivity index (χ1) is 12.6. The predicted molar refractivity (Wildman–Crippen MR) is 111 cm³/mol. The zero-order chi connectivity index (χ0) is 20.2. The Hall–Kier alpha value is -1.24. The Morgan fingerprint density at radius 1 is 1.37 bits per heavy atom. The van der Waals surface area contributed by atoms with E-state index in [0.717, 1.165) is 17.7 Å². The molecule has 3 atom stereocenters. The molecule has 3 unspecified atom stereocenters. The number of ether oxygens (including phenoxy) is 1. The molecule has 1 aliphatic heterocycles. The Balaban J connectivity index is 2.32. The van der Waals surface area contributed by atoms with Crippen molar-refractivity contribution in [3.05, 3.63) is 34.9 Å². The number of amides is 2. The molecule has 1 heterocycles. The zero-order valence-electron chi connectivity index (χ0n) is 16.4. The second kappa shape index (κ2) is 9.30. The number of hydrogen-bond acceptors (Lipinski definition) is 4. The fourth-order valence-electron chi connectivity index (χ4n) is 3.12. The maximum absolute atomic E-state index is 13.2. The molecule has 1 aromatic rings. The molecule has 5 nitrogen and oxygen atoms in total. The van der Waals surface area contributed by atoms with Crippen LogP contribution in [0.5, 0.6) is 0 Å². The number of primary amides is 1. The molecule has 1 aliphatic rings. The van der Waals surface area contributed by atoms with E-state index in [9.17, 15) is 9.59 Å². The van der Waals surface area contributed by atoms with Gasteiger partial charge in [-0.3, -0.25) is 9.59 Å². The fraction of sp³-hybridized carbons (Fsp3) is 0.600. The van der Waals surface area contributed by atoms with E-state index in [4.69, 9.17) is 22.1 Å². The van der Waals surface area contributed by atoms with Gasteiger partial charge in [0.2, 0.25) is 5.91 Å². The highest BCUT2D eigenvalue weighted by Crippen LogP contribution is 2.34. The standard InChI is InChI=1S/C20H29ClN2O3S/c1-5-15(12-27-20(2,3)4)23-16(13-6-8-14(21)9-7-13)11-26-17(19(23)25)10-18(22)24/h6-9,15-17H,5,10-12H2,1-4H3,(H2,22,24). The third kappa shape index (κ3) is 6.13. The van der Waals surface area contributed by atoms with Crippen LogP contribution in [0.3, 0.4) is 0 Å². The van der Waals surface area contributed by atoms with Crippen LogP contribution in [0.25, 0.3) is 0 Å². The van der Waals surface area contributed by atoms with E-state index in [1.54, 1.807) is 0 Å². The van der Waals surface area contributed by atoms with E-state index >= 15 is 0 Å². The van der Waals surface area contributed by atoms with Gasteiger partial charge in [-0.25, -0.2) is 0 Å². The average Bonchev–Trinajstić information content (AvgIpc) is 2.58. The van der Waals surface area contributed by atoms with E-state index in [1.807, 2.05) is 40.9 Å². The van der Waals surface area contributed by atoms with E-state index < -0.39 is 12.0 Å². The van der Waals surface area contributed by atoms with E-state index in [-0.39, 0.29) is 29.2 Å². The highest BCUT2D eigenvalue weighted by molar-refractivity contribution is 8.00. The first-order valence-corrected chi connectivity index (χ1v) is 10.6. The summed E-state index contributed by atoms with van der Waals surface area (Å²) in [5, 5.41) is 0.648. The summed E-state index contributed by atoms with van der Waals surface area (Å²) < 4.78 is 5.84. The van der Waals surface area contributed by atoms with Crippen LogP contribution >= 0.6 is 23.4 Å². The number of nitrogens with two attached hydrogens (primary N) is 1. The van der Waals surface area contributed by atoms with E-state index in [2.05, 4.69) is 27.7 Å². The van der Waals surface area contributed by atoms with Gasteiger partial charge >= 0.3 is 0 Å². The first-order valence-electron chi connectivity index (χ1n) is 9.24. The largest absolute Gasteiger partial charge is 0.370 e. The lowest BCUT2D eigenvalue weighted by atomic mass is 9.99. The summed E-state index contributed by atoms with van der Waals surface area (Å²) >= 11 is 7.85. The monoisotopic (exact) mass is 412 g/mol. The Morgan fingerprint density at radius 3 is 2.52 bits per heavy atom. The SMILES string of the molecule is CCC(CSC(C)(C)C)N1C(=O)C(CC(N)=O)OCC1c1ccc(Cl)cc1. The van der Waals surface area contributed by atoms with Crippen molar-refractivity contribution >= 4 is 35.2 Å². The van der Waals surface area contributed by atoms with Crippen LogP contribution in [0.4, 0.5) is 0 Å². The highest BCUT2D eigenvalue weighted by atomic mass is 35.5.